The Morgan fingerprint density at radius 1 is 1.30 bits per heavy atom. The summed E-state index contributed by atoms with van der Waals surface area (Å²) in [6, 6.07) is 5.74. The summed E-state index contributed by atoms with van der Waals surface area (Å²) in [7, 11) is 0. The van der Waals surface area contributed by atoms with Crippen molar-refractivity contribution in [2.45, 2.75) is 6.92 Å². The average Bonchev–Trinajstić information content (AvgIpc) is 2.44. The van der Waals surface area contributed by atoms with Crippen LogP contribution in [0.25, 0.3) is 6.08 Å². The highest BCUT2D eigenvalue weighted by molar-refractivity contribution is 5.98. The maximum atomic E-state index is 12.7. The number of hydrogen-bond acceptors (Lipinski definition) is 2. The molecule has 0 aliphatic rings. The van der Waals surface area contributed by atoms with Crippen molar-refractivity contribution in [2.75, 3.05) is 13.1 Å². The van der Waals surface area contributed by atoms with E-state index in [2.05, 4.69) is 16.6 Å². The summed E-state index contributed by atoms with van der Waals surface area (Å²) in [6.07, 6.45) is 6.59. The van der Waals surface area contributed by atoms with Gasteiger partial charge in [-0.25, -0.2) is 4.39 Å². The standard InChI is InChI=1S/C15H15FN2O2/c1-3-8-17-14(19)10-18-15(20)11(2)9-12-4-6-13(16)7-5-12/h1,4-7,9H,8,10H2,2H3,(H,17,19)(H,18,20). The Hall–Kier alpha value is -2.61. The van der Waals surface area contributed by atoms with Crippen LogP contribution >= 0.6 is 0 Å². The minimum absolute atomic E-state index is 0.124. The summed E-state index contributed by atoms with van der Waals surface area (Å²) in [4.78, 5) is 23.0. The molecule has 4 nitrogen and oxygen atoms in total. The van der Waals surface area contributed by atoms with Crippen LogP contribution in [0, 0.1) is 18.2 Å². The second kappa shape index (κ2) is 7.74. The summed E-state index contributed by atoms with van der Waals surface area (Å²) in [5, 5.41) is 4.89. The fourth-order valence-electron chi connectivity index (χ4n) is 1.39. The van der Waals surface area contributed by atoms with Gasteiger partial charge in [-0.15, -0.1) is 6.42 Å². The van der Waals surface area contributed by atoms with Gasteiger partial charge in [-0.1, -0.05) is 18.1 Å². The number of halogens is 1. The van der Waals surface area contributed by atoms with Gasteiger partial charge in [0.1, 0.15) is 5.82 Å². The van der Waals surface area contributed by atoms with E-state index in [-0.39, 0.29) is 30.7 Å². The zero-order chi connectivity index (χ0) is 15.0. The van der Waals surface area contributed by atoms with Crippen molar-refractivity contribution < 1.29 is 14.0 Å². The third kappa shape index (κ3) is 5.36. The van der Waals surface area contributed by atoms with Crippen LogP contribution in [0.3, 0.4) is 0 Å². The number of terminal acetylenes is 1. The Bertz CT molecular complexity index is 556. The molecule has 0 radical (unpaired) electrons. The quantitative estimate of drug-likeness (QED) is 0.624. The summed E-state index contributed by atoms with van der Waals surface area (Å²) >= 11 is 0. The highest BCUT2D eigenvalue weighted by Crippen LogP contribution is 2.08. The van der Waals surface area contributed by atoms with Crippen LogP contribution in [-0.4, -0.2) is 24.9 Å². The number of hydrogen-bond donors (Lipinski definition) is 2. The monoisotopic (exact) mass is 274 g/mol. The third-order valence-electron chi connectivity index (χ3n) is 2.41. The summed E-state index contributed by atoms with van der Waals surface area (Å²) < 4.78 is 12.7. The zero-order valence-electron chi connectivity index (χ0n) is 11.1. The van der Waals surface area contributed by atoms with Crippen LogP contribution in [0.2, 0.25) is 0 Å². The molecule has 0 aliphatic carbocycles. The topological polar surface area (TPSA) is 58.2 Å². The first-order valence-electron chi connectivity index (χ1n) is 5.95. The van der Waals surface area contributed by atoms with Gasteiger partial charge in [-0.2, -0.15) is 0 Å². The normalized spacial score (nSPS) is 10.6. The second-order valence-electron chi connectivity index (χ2n) is 4.04. The first kappa shape index (κ1) is 15.4. The highest BCUT2D eigenvalue weighted by Gasteiger charge is 2.06. The van der Waals surface area contributed by atoms with Crippen molar-refractivity contribution in [3.05, 3.63) is 41.2 Å². The highest BCUT2D eigenvalue weighted by atomic mass is 19.1. The SMILES string of the molecule is C#CCNC(=O)CNC(=O)C(C)=Cc1ccc(F)cc1. The zero-order valence-corrected chi connectivity index (χ0v) is 11.1. The van der Waals surface area contributed by atoms with Crippen molar-refractivity contribution in [3.63, 3.8) is 0 Å². The van der Waals surface area contributed by atoms with Crippen molar-refractivity contribution in [2.24, 2.45) is 0 Å². The fraction of sp³-hybridized carbons (Fsp3) is 0.200. The lowest BCUT2D eigenvalue weighted by Crippen LogP contribution is -2.37. The van der Waals surface area contributed by atoms with E-state index in [4.69, 9.17) is 6.42 Å². The van der Waals surface area contributed by atoms with E-state index in [0.29, 0.717) is 11.1 Å². The molecule has 0 atom stereocenters. The molecule has 104 valence electrons. The minimum Gasteiger partial charge on any atom is -0.344 e. The van der Waals surface area contributed by atoms with E-state index in [1.54, 1.807) is 25.1 Å². The minimum atomic E-state index is -0.370. The van der Waals surface area contributed by atoms with Gasteiger partial charge >= 0.3 is 0 Å². The van der Waals surface area contributed by atoms with Crippen molar-refractivity contribution in [1.29, 1.82) is 0 Å². The van der Waals surface area contributed by atoms with E-state index in [1.807, 2.05) is 0 Å². The van der Waals surface area contributed by atoms with E-state index < -0.39 is 0 Å². The molecule has 1 aromatic rings. The Balaban J connectivity index is 2.52. The Morgan fingerprint density at radius 3 is 2.55 bits per heavy atom. The molecule has 0 aromatic heterocycles. The molecule has 0 fully saturated rings. The smallest absolute Gasteiger partial charge is 0.247 e. The van der Waals surface area contributed by atoms with E-state index in [1.165, 1.54) is 12.1 Å². The van der Waals surface area contributed by atoms with Gasteiger partial charge in [-0.05, 0) is 30.7 Å². The predicted octanol–water partition coefficient (Wildman–Crippen LogP) is 1.09. The van der Waals surface area contributed by atoms with Crippen molar-refractivity contribution in [1.82, 2.24) is 10.6 Å². The molecule has 0 saturated carbocycles. The Morgan fingerprint density at radius 2 is 1.95 bits per heavy atom. The lowest BCUT2D eigenvalue weighted by atomic mass is 10.1. The molecule has 1 rings (SSSR count). The molecular weight excluding hydrogens is 259 g/mol. The van der Waals surface area contributed by atoms with Crippen LogP contribution in [0.1, 0.15) is 12.5 Å². The summed E-state index contributed by atoms with van der Waals surface area (Å²) in [5.41, 5.74) is 1.12. The Kier molecular flexibility index (Phi) is 5.98. The number of carbonyl (C=O) groups excluding carboxylic acids is 2. The molecular formula is C15H15FN2O2. The van der Waals surface area contributed by atoms with Gasteiger partial charge in [0, 0.05) is 5.57 Å². The lowest BCUT2D eigenvalue weighted by molar-refractivity contribution is -0.124. The number of amides is 2. The van der Waals surface area contributed by atoms with Gasteiger partial charge in [-0.3, -0.25) is 9.59 Å². The van der Waals surface area contributed by atoms with Crippen molar-refractivity contribution >= 4 is 17.9 Å². The fourth-order valence-corrected chi connectivity index (χ4v) is 1.39. The predicted molar refractivity (Wildman–Crippen MR) is 74.9 cm³/mol. The van der Waals surface area contributed by atoms with Crippen LogP contribution in [-0.2, 0) is 9.59 Å². The van der Waals surface area contributed by atoms with Crippen LogP contribution < -0.4 is 10.6 Å². The third-order valence-corrected chi connectivity index (χ3v) is 2.41. The largest absolute Gasteiger partial charge is 0.344 e. The molecule has 20 heavy (non-hydrogen) atoms. The lowest BCUT2D eigenvalue weighted by Gasteiger charge is -2.05. The summed E-state index contributed by atoms with van der Waals surface area (Å²) in [5.74, 6) is 1.20. The first-order valence-corrected chi connectivity index (χ1v) is 5.95. The Labute approximate surface area is 117 Å². The van der Waals surface area contributed by atoms with E-state index >= 15 is 0 Å². The number of carbonyl (C=O) groups is 2. The molecule has 0 heterocycles. The van der Waals surface area contributed by atoms with Crippen molar-refractivity contribution in [3.8, 4) is 12.3 Å². The molecule has 2 N–H and O–H groups in total. The molecule has 0 spiro atoms. The van der Waals surface area contributed by atoms with E-state index in [9.17, 15) is 14.0 Å². The molecule has 0 bridgehead atoms. The van der Waals surface area contributed by atoms with Gasteiger partial charge < -0.3 is 10.6 Å². The van der Waals surface area contributed by atoms with Gasteiger partial charge in [0.2, 0.25) is 11.8 Å². The molecule has 0 aliphatic heterocycles. The molecule has 5 heteroatoms. The maximum absolute atomic E-state index is 12.7. The molecule has 2 amide bonds. The number of rotatable bonds is 5. The second-order valence-corrected chi connectivity index (χ2v) is 4.04. The summed E-state index contributed by atoms with van der Waals surface area (Å²) in [6.45, 7) is 1.59. The number of nitrogens with one attached hydrogen (secondary N) is 2. The van der Waals surface area contributed by atoms with Crippen LogP contribution in [0.15, 0.2) is 29.8 Å². The maximum Gasteiger partial charge on any atom is 0.247 e. The van der Waals surface area contributed by atoms with Crippen LogP contribution in [0.5, 0.6) is 0 Å². The van der Waals surface area contributed by atoms with Gasteiger partial charge in [0.25, 0.3) is 0 Å². The first-order chi connectivity index (χ1) is 9.52. The van der Waals surface area contributed by atoms with E-state index in [0.717, 1.165) is 0 Å². The molecule has 0 unspecified atom stereocenters. The van der Waals surface area contributed by atoms with Crippen LogP contribution in [0.4, 0.5) is 4.39 Å². The molecule has 0 saturated heterocycles. The average molecular weight is 274 g/mol. The number of benzene rings is 1. The molecule has 1 aromatic carbocycles. The van der Waals surface area contributed by atoms with Gasteiger partial charge in [0.15, 0.2) is 0 Å². The van der Waals surface area contributed by atoms with Gasteiger partial charge in [0.05, 0.1) is 13.1 Å².